The SMILES string of the molecule is COC(=O)CC(NC(=O)[C@H](NC(=O)OC(C)(C)C)C(C)C)c1ccccc1. The maximum atomic E-state index is 12.8. The molecule has 2 amide bonds. The molecule has 0 saturated heterocycles. The Morgan fingerprint density at radius 2 is 1.63 bits per heavy atom. The Labute approximate surface area is 160 Å². The van der Waals surface area contributed by atoms with Crippen LogP contribution in [0.25, 0.3) is 0 Å². The van der Waals surface area contributed by atoms with Gasteiger partial charge in [-0.1, -0.05) is 44.2 Å². The standard InChI is InChI=1S/C20H30N2O5/c1-13(2)17(22-19(25)27-20(3,4)5)18(24)21-15(12-16(23)26-6)14-10-8-7-9-11-14/h7-11,13,15,17H,12H2,1-6H3,(H,21,24)(H,22,25)/t15?,17-/m1/s1. The molecule has 0 aliphatic carbocycles. The second-order valence-corrected chi connectivity index (χ2v) is 7.62. The van der Waals surface area contributed by atoms with Crippen LogP contribution in [0.4, 0.5) is 4.79 Å². The number of hydrogen-bond acceptors (Lipinski definition) is 5. The van der Waals surface area contributed by atoms with Gasteiger partial charge in [-0.05, 0) is 32.3 Å². The van der Waals surface area contributed by atoms with E-state index in [-0.39, 0.29) is 12.3 Å². The zero-order chi connectivity index (χ0) is 20.6. The number of alkyl carbamates (subject to hydrolysis) is 1. The number of rotatable bonds is 7. The van der Waals surface area contributed by atoms with E-state index >= 15 is 0 Å². The molecule has 0 saturated carbocycles. The van der Waals surface area contributed by atoms with Crippen LogP contribution >= 0.6 is 0 Å². The number of carbonyl (C=O) groups excluding carboxylic acids is 3. The minimum Gasteiger partial charge on any atom is -0.469 e. The molecular weight excluding hydrogens is 348 g/mol. The Morgan fingerprint density at radius 3 is 2.11 bits per heavy atom. The van der Waals surface area contributed by atoms with Crippen molar-refractivity contribution in [3.05, 3.63) is 35.9 Å². The number of methoxy groups -OCH3 is 1. The third kappa shape index (κ3) is 8.11. The van der Waals surface area contributed by atoms with Crippen LogP contribution in [0.5, 0.6) is 0 Å². The van der Waals surface area contributed by atoms with E-state index in [4.69, 9.17) is 9.47 Å². The van der Waals surface area contributed by atoms with Crippen LogP contribution in [0.2, 0.25) is 0 Å². The number of nitrogens with one attached hydrogen (secondary N) is 2. The van der Waals surface area contributed by atoms with E-state index < -0.39 is 35.7 Å². The molecule has 2 N–H and O–H groups in total. The summed E-state index contributed by atoms with van der Waals surface area (Å²) in [5.41, 5.74) is 0.107. The van der Waals surface area contributed by atoms with Crippen molar-refractivity contribution in [2.75, 3.05) is 7.11 Å². The summed E-state index contributed by atoms with van der Waals surface area (Å²) in [4.78, 5) is 36.6. The van der Waals surface area contributed by atoms with Crippen LogP contribution in [0.15, 0.2) is 30.3 Å². The van der Waals surface area contributed by atoms with E-state index in [0.717, 1.165) is 5.56 Å². The monoisotopic (exact) mass is 378 g/mol. The number of benzene rings is 1. The Kier molecular flexibility index (Phi) is 8.28. The predicted molar refractivity (Wildman–Crippen MR) is 102 cm³/mol. The minimum atomic E-state index is -0.802. The van der Waals surface area contributed by atoms with Crippen LogP contribution in [0.3, 0.4) is 0 Å². The van der Waals surface area contributed by atoms with Gasteiger partial charge in [0.05, 0.1) is 19.6 Å². The highest BCUT2D eigenvalue weighted by Crippen LogP contribution is 2.18. The third-order valence-corrected chi connectivity index (χ3v) is 3.74. The molecule has 1 aromatic carbocycles. The number of ether oxygens (including phenoxy) is 2. The molecule has 1 aromatic rings. The van der Waals surface area contributed by atoms with Gasteiger partial charge in [-0.3, -0.25) is 9.59 Å². The average Bonchev–Trinajstić information content (AvgIpc) is 2.57. The van der Waals surface area contributed by atoms with E-state index in [1.165, 1.54) is 7.11 Å². The quantitative estimate of drug-likeness (QED) is 0.712. The fraction of sp³-hybridized carbons (Fsp3) is 0.550. The first-order valence-electron chi connectivity index (χ1n) is 8.95. The highest BCUT2D eigenvalue weighted by molar-refractivity contribution is 5.86. The van der Waals surface area contributed by atoms with E-state index in [2.05, 4.69) is 10.6 Å². The summed E-state index contributed by atoms with van der Waals surface area (Å²) >= 11 is 0. The topological polar surface area (TPSA) is 93.7 Å². The van der Waals surface area contributed by atoms with Gasteiger partial charge in [0.1, 0.15) is 11.6 Å². The number of esters is 1. The van der Waals surface area contributed by atoms with E-state index in [1.54, 1.807) is 20.8 Å². The van der Waals surface area contributed by atoms with E-state index in [1.807, 2.05) is 44.2 Å². The summed E-state index contributed by atoms with van der Waals surface area (Å²) < 4.78 is 9.97. The van der Waals surface area contributed by atoms with Gasteiger partial charge >= 0.3 is 12.1 Å². The lowest BCUT2D eigenvalue weighted by Gasteiger charge is -2.27. The minimum absolute atomic E-state index is 0.0104. The van der Waals surface area contributed by atoms with Gasteiger partial charge in [-0.15, -0.1) is 0 Å². The van der Waals surface area contributed by atoms with Crippen LogP contribution in [0, 0.1) is 5.92 Å². The van der Waals surface area contributed by atoms with Crippen LogP contribution < -0.4 is 10.6 Å². The fourth-order valence-electron chi connectivity index (χ4n) is 2.42. The summed E-state index contributed by atoms with van der Waals surface area (Å²) in [6.45, 7) is 8.88. The summed E-state index contributed by atoms with van der Waals surface area (Å²) in [5, 5.41) is 5.45. The molecule has 1 rings (SSSR count). The molecule has 0 aromatic heterocycles. The Hall–Kier alpha value is -2.57. The molecule has 150 valence electrons. The molecule has 7 heteroatoms. The molecule has 0 spiro atoms. The van der Waals surface area contributed by atoms with E-state index in [0.29, 0.717) is 0 Å². The van der Waals surface area contributed by atoms with Crippen molar-refractivity contribution in [2.45, 2.75) is 58.7 Å². The molecular formula is C20H30N2O5. The Balaban J connectivity index is 2.92. The highest BCUT2D eigenvalue weighted by Gasteiger charge is 2.29. The lowest BCUT2D eigenvalue weighted by Crippen LogP contribution is -2.51. The van der Waals surface area contributed by atoms with Crippen molar-refractivity contribution in [3.63, 3.8) is 0 Å². The van der Waals surface area contributed by atoms with Crippen molar-refractivity contribution in [3.8, 4) is 0 Å². The van der Waals surface area contributed by atoms with Crippen LogP contribution in [0.1, 0.15) is 52.6 Å². The predicted octanol–water partition coefficient (Wildman–Crippen LogP) is 2.96. The molecule has 1 unspecified atom stereocenters. The summed E-state index contributed by atoms with van der Waals surface area (Å²) in [7, 11) is 1.30. The lowest BCUT2D eigenvalue weighted by atomic mass is 10.00. The third-order valence-electron chi connectivity index (χ3n) is 3.74. The summed E-state index contributed by atoms with van der Waals surface area (Å²) in [6, 6.07) is 7.77. The molecule has 0 bridgehead atoms. The van der Waals surface area contributed by atoms with Crippen LogP contribution in [-0.2, 0) is 19.1 Å². The first-order chi connectivity index (χ1) is 12.5. The maximum Gasteiger partial charge on any atom is 0.408 e. The Bertz CT molecular complexity index is 638. The molecule has 2 atom stereocenters. The van der Waals surface area contributed by atoms with Gasteiger partial charge in [0.2, 0.25) is 5.91 Å². The molecule has 0 heterocycles. The van der Waals surface area contributed by atoms with Gasteiger partial charge in [0.15, 0.2) is 0 Å². The van der Waals surface area contributed by atoms with E-state index in [9.17, 15) is 14.4 Å². The van der Waals surface area contributed by atoms with Crippen molar-refractivity contribution < 1.29 is 23.9 Å². The van der Waals surface area contributed by atoms with Crippen molar-refractivity contribution >= 4 is 18.0 Å². The molecule has 27 heavy (non-hydrogen) atoms. The number of hydrogen-bond donors (Lipinski definition) is 2. The number of carbonyl (C=O) groups is 3. The largest absolute Gasteiger partial charge is 0.469 e. The maximum absolute atomic E-state index is 12.8. The molecule has 7 nitrogen and oxygen atoms in total. The van der Waals surface area contributed by atoms with Gasteiger partial charge in [-0.25, -0.2) is 4.79 Å². The van der Waals surface area contributed by atoms with Crippen molar-refractivity contribution in [1.29, 1.82) is 0 Å². The lowest BCUT2D eigenvalue weighted by molar-refractivity contribution is -0.141. The van der Waals surface area contributed by atoms with Gasteiger partial charge in [0, 0.05) is 0 Å². The average molecular weight is 378 g/mol. The first-order valence-corrected chi connectivity index (χ1v) is 8.95. The van der Waals surface area contributed by atoms with Gasteiger partial charge in [0.25, 0.3) is 0 Å². The normalized spacial score (nSPS) is 13.4. The fourth-order valence-corrected chi connectivity index (χ4v) is 2.42. The van der Waals surface area contributed by atoms with Crippen molar-refractivity contribution in [2.24, 2.45) is 5.92 Å². The van der Waals surface area contributed by atoms with Crippen LogP contribution in [-0.4, -0.2) is 36.7 Å². The smallest absolute Gasteiger partial charge is 0.408 e. The highest BCUT2D eigenvalue weighted by atomic mass is 16.6. The zero-order valence-corrected chi connectivity index (χ0v) is 16.9. The summed E-state index contributed by atoms with van der Waals surface area (Å²) in [5.74, 6) is -1.01. The molecule has 0 aliphatic heterocycles. The number of amides is 2. The molecule has 0 aliphatic rings. The van der Waals surface area contributed by atoms with Gasteiger partial charge < -0.3 is 20.1 Å². The molecule has 0 radical (unpaired) electrons. The summed E-state index contributed by atoms with van der Waals surface area (Å²) in [6.07, 6.45) is -0.677. The molecule has 0 fully saturated rings. The first kappa shape index (κ1) is 22.5. The second-order valence-electron chi connectivity index (χ2n) is 7.62. The zero-order valence-electron chi connectivity index (χ0n) is 16.9. The van der Waals surface area contributed by atoms with Gasteiger partial charge in [-0.2, -0.15) is 0 Å². The second kappa shape index (κ2) is 9.94. The Morgan fingerprint density at radius 1 is 1.04 bits per heavy atom. The van der Waals surface area contributed by atoms with Crippen molar-refractivity contribution in [1.82, 2.24) is 10.6 Å².